The van der Waals surface area contributed by atoms with Gasteiger partial charge in [-0.1, -0.05) is 84.7 Å². The molecule has 6 atom stereocenters. The van der Waals surface area contributed by atoms with Crippen molar-refractivity contribution in [3.63, 3.8) is 0 Å². The summed E-state index contributed by atoms with van der Waals surface area (Å²) < 4.78 is 27.0. The molecule has 0 radical (unpaired) electrons. The Kier molecular flexibility index (Phi) is 14.7. The topological polar surface area (TPSA) is 136 Å². The summed E-state index contributed by atoms with van der Waals surface area (Å²) in [6.45, 7) is 12.4. The van der Waals surface area contributed by atoms with Crippen LogP contribution in [-0.4, -0.2) is 77.1 Å². The molecular formula is C52H62N2O9. The van der Waals surface area contributed by atoms with E-state index < -0.39 is 29.4 Å². The molecule has 4 aromatic rings. The minimum atomic E-state index is -1.47. The molecule has 0 spiro atoms. The summed E-state index contributed by atoms with van der Waals surface area (Å²) in [5.74, 6) is -0.480. The molecule has 1 heterocycles. The summed E-state index contributed by atoms with van der Waals surface area (Å²) in [6.07, 6.45) is 9.05. The molecule has 1 saturated carbocycles. The lowest BCUT2D eigenvalue weighted by molar-refractivity contribution is -0.256. The zero-order valence-corrected chi connectivity index (χ0v) is 37.0. The van der Waals surface area contributed by atoms with Crippen molar-refractivity contribution >= 4 is 28.9 Å². The third kappa shape index (κ3) is 10.0. The summed E-state index contributed by atoms with van der Waals surface area (Å²) >= 11 is 0. The van der Waals surface area contributed by atoms with Crippen LogP contribution in [0.3, 0.4) is 0 Å². The number of fused-ring (bicyclic) bond motifs is 3. The predicted molar refractivity (Wildman–Crippen MR) is 244 cm³/mol. The van der Waals surface area contributed by atoms with Crippen molar-refractivity contribution in [1.29, 1.82) is 0 Å². The summed E-state index contributed by atoms with van der Waals surface area (Å²) in [6, 6.07) is 26.3. The van der Waals surface area contributed by atoms with Crippen molar-refractivity contribution in [3.05, 3.63) is 126 Å². The Bertz CT molecular complexity index is 2290. The number of unbranched alkanes of at least 4 members (excludes halogenated alkanes) is 2. The molecular weight excluding hydrogens is 797 g/mol. The number of ether oxygens (including phenoxy) is 4. The van der Waals surface area contributed by atoms with Gasteiger partial charge in [0.2, 0.25) is 5.79 Å². The number of aliphatic hydroxyl groups excluding tert-OH is 2. The lowest BCUT2D eigenvalue weighted by Gasteiger charge is -2.60. The molecule has 1 fully saturated rings. The van der Waals surface area contributed by atoms with Gasteiger partial charge >= 0.3 is 6.09 Å². The first-order valence-electron chi connectivity index (χ1n) is 22.4. The first kappa shape index (κ1) is 45.5. The predicted octanol–water partition coefficient (Wildman–Crippen LogP) is 10.5. The largest absolute Gasteiger partial charge is 0.459 e. The standard InChI is InChI=1S/C52H62N2O9/c1-6-28-60-52-47(54(50(58)59-7-2)33-38-20-15-19-36-17-8-9-22-41(36)38)32-45(53-63-51(3,4)5)43-30-37(18-10-12-26-55)42(23-11-13-27-56)48(49(43)52)44-31-40(24-25-46(44)62-52)61-39-21-14-16-35(29-39)34-57/h6,8-9,14-17,19-22,24-25,29-31,34,37,42,47-49,55-56H,1,7,10-13,18,23,26-28,32-33H2,2-5H3. The zero-order valence-electron chi connectivity index (χ0n) is 37.0. The summed E-state index contributed by atoms with van der Waals surface area (Å²) in [7, 11) is 0. The van der Waals surface area contributed by atoms with Crippen LogP contribution in [0.15, 0.2) is 114 Å². The number of hydrogen-bond donors (Lipinski definition) is 2. The van der Waals surface area contributed by atoms with E-state index >= 15 is 0 Å². The fraction of sp³-hybridized carbons (Fsp3) is 0.442. The van der Waals surface area contributed by atoms with Crippen LogP contribution in [0.2, 0.25) is 0 Å². The number of allylic oxidation sites excluding steroid dienone is 1. The van der Waals surface area contributed by atoms with Crippen LogP contribution >= 0.6 is 0 Å². The zero-order chi connectivity index (χ0) is 44.6. The van der Waals surface area contributed by atoms with Crippen molar-refractivity contribution < 1.29 is 43.6 Å². The second kappa shape index (κ2) is 20.3. The number of oxime groups is 1. The van der Waals surface area contributed by atoms with Crippen LogP contribution < -0.4 is 9.47 Å². The van der Waals surface area contributed by atoms with Crippen LogP contribution in [-0.2, 0) is 20.9 Å². The molecule has 1 aliphatic heterocycles. The van der Waals surface area contributed by atoms with Crippen molar-refractivity contribution in [2.45, 2.75) is 103 Å². The SMILES string of the molecule is C=CCOC12Oc3ccc(Oc4cccc(C=O)c4)cc3C3C(CCCCO)C(CCCCO)C=C(C(=NOC(C)(C)C)CC1N(Cc1cccc4ccccc14)C(=O)OCC)C32. The molecule has 11 heteroatoms. The maximum atomic E-state index is 14.7. The van der Waals surface area contributed by atoms with Gasteiger partial charge in [0, 0.05) is 36.7 Å². The molecule has 63 heavy (non-hydrogen) atoms. The average Bonchev–Trinajstić information content (AvgIpc) is 3.28. The molecule has 334 valence electrons. The highest BCUT2D eigenvalue weighted by molar-refractivity contribution is 6.03. The van der Waals surface area contributed by atoms with Crippen LogP contribution in [0.5, 0.6) is 17.2 Å². The van der Waals surface area contributed by atoms with E-state index in [1.807, 2.05) is 69.3 Å². The molecule has 11 nitrogen and oxygen atoms in total. The molecule has 0 bridgehead atoms. The number of aliphatic hydroxyl groups is 2. The first-order valence-corrected chi connectivity index (χ1v) is 22.4. The van der Waals surface area contributed by atoms with Gasteiger partial charge in [-0.15, -0.1) is 6.58 Å². The highest BCUT2D eigenvalue weighted by atomic mass is 16.7. The van der Waals surface area contributed by atoms with Gasteiger partial charge < -0.3 is 34.0 Å². The minimum Gasteiger partial charge on any atom is -0.459 e. The number of hydrogen-bond acceptors (Lipinski definition) is 10. The molecule has 6 unspecified atom stereocenters. The van der Waals surface area contributed by atoms with Crippen molar-refractivity contribution in [3.8, 4) is 17.2 Å². The van der Waals surface area contributed by atoms with Crippen molar-refractivity contribution in [2.24, 2.45) is 22.9 Å². The van der Waals surface area contributed by atoms with Crippen LogP contribution in [0.4, 0.5) is 4.79 Å². The fourth-order valence-corrected chi connectivity index (χ4v) is 9.81. The minimum absolute atomic E-state index is 0.0182. The Morgan fingerprint density at radius 2 is 1.70 bits per heavy atom. The second-order valence-corrected chi connectivity index (χ2v) is 17.7. The quantitative estimate of drug-likeness (QED) is 0.0409. The maximum Gasteiger partial charge on any atom is 0.410 e. The molecule has 7 rings (SSSR count). The third-order valence-electron chi connectivity index (χ3n) is 12.4. The molecule has 2 aliphatic carbocycles. The van der Waals surface area contributed by atoms with Gasteiger partial charge in [-0.25, -0.2) is 4.79 Å². The van der Waals surface area contributed by atoms with Gasteiger partial charge in [-0.3, -0.25) is 9.69 Å². The van der Waals surface area contributed by atoms with Gasteiger partial charge in [-0.2, -0.15) is 0 Å². The van der Waals surface area contributed by atoms with Crippen molar-refractivity contribution in [1.82, 2.24) is 4.90 Å². The van der Waals surface area contributed by atoms with Gasteiger partial charge in [0.1, 0.15) is 35.2 Å². The van der Waals surface area contributed by atoms with Crippen molar-refractivity contribution in [2.75, 3.05) is 26.4 Å². The first-order chi connectivity index (χ1) is 30.5. The number of benzene rings is 4. The Balaban J connectivity index is 1.48. The van der Waals surface area contributed by atoms with E-state index in [0.29, 0.717) is 41.4 Å². The lowest BCUT2D eigenvalue weighted by Crippen LogP contribution is -2.70. The molecule has 4 aromatic carbocycles. The van der Waals surface area contributed by atoms with E-state index in [2.05, 4.69) is 30.9 Å². The molecule has 0 aromatic heterocycles. The summed E-state index contributed by atoms with van der Waals surface area (Å²) in [5, 5.41) is 27.0. The summed E-state index contributed by atoms with van der Waals surface area (Å²) in [5.41, 5.74) is 3.37. The van der Waals surface area contributed by atoms with Gasteiger partial charge in [0.25, 0.3) is 0 Å². The average molecular weight is 859 g/mol. The summed E-state index contributed by atoms with van der Waals surface area (Å²) in [4.78, 5) is 34.4. The monoisotopic (exact) mass is 858 g/mol. The molecule has 0 saturated heterocycles. The molecule has 2 N–H and O–H groups in total. The van der Waals surface area contributed by atoms with E-state index in [9.17, 15) is 19.8 Å². The third-order valence-corrected chi connectivity index (χ3v) is 12.4. The molecule has 3 aliphatic rings. The number of carbonyl (C=O) groups is 2. The number of rotatable bonds is 19. The normalized spacial score (nSPS) is 23.2. The Morgan fingerprint density at radius 1 is 0.952 bits per heavy atom. The number of aldehydes is 1. The van der Waals surface area contributed by atoms with Gasteiger partial charge in [0.05, 0.1) is 31.4 Å². The Morgan fingerprint density at radius 3 is 2.44 bits per heavy atom. The van der Waals surface area contributed by atoms with E-state index in [-0.39, 0.29) is 57.1 Å². The van der Waals surface area contributed by atoms with E-state index in [4.69, 9.17) is 28.9 Å². The second-order valence-electron chi connectivity index (χ2n) is 17.7. The Hall–Kier alpha value is -5.49. The van der Waals surface area contributed by atoms with E-state index in [1.54, 1.807) is 36.1 Å². The van der Waals surface area contributed by atoms with Gasteiger partial charge in [0.15, 0.2) is 0 Å². The number of amides is 1. The van der Waals surface area contributed by atoms with Crippen LogP contribution in [0, 0.1) is 17.8 Å². The Labute approximate surface area is 371 Å². The fourth-order valence-electron chi connectivity index (χ4n) is 9.81. The van der Waals surface area contributed by atoms with Crippen LogP contribution in [0.25, 0.3) is 10.8 Å². The maximum absolute atomic E-state index is 14.7. The highest BCUT2D eigenvalue weighted by Gasteiger charge is 2.65. The molecule has 1 amide bonds. The number of carbonyl (C=O) groups excluding carboxylic acids is 2. The smallest absolute Gasteiger partial charge is 0.410 e. The number of nitrogens with zero attached hydrogens (tertiary/aromatic N) is 2. The van der Waals surface area contributed by atoms with E-state index in [1.165, 1.54) is 0 Å². The van der Waals surface area contributed by atoms with Gasteiger partial charge in [-0.05, 0) is 117 Å². The van der Waals surface area contributed by atoms with E-state index in [0.717, 1.165) is 59.4 Å². The lowest BCUT2D eigenvalue weighted by atomic mass is 9.55. The highest BCUT2D eigenvalue weighted by Crippen LogP contribution is 2.62. The van der Waals surface area contributed by atoms with Crippen LogP contribution in [0.1, 0.15) is 100 Å².